The Balaban J connectivity index is 2.16. The van der Waals surface area contributed by atoms with Crippen LogP contribution in [0.25, 0.3) is 0 Å². The van der Waals surface area contributed by atoms with E-state index in [0.29, 0.717) is 16.2 Å². The molecule has 1 heterocycles. The number of methoxy groups -OCH3 is 1. The summed E-state index contributed by atoms with van der Waals surface area (Å²) in [5.41, 5.74) is 0.429. The van der Waals surface area contributed by atoms with Gasteiger partial charge in [-0.05, 0) is 18.2 Å². The van der Waals surface area contributed by atoms with Crippen LogP contribution < -0.4 is 10.1 Å². The number of carbonyl (C=O) groups is 1. The number of nitrogens with one attached hydrogen (secondary N) is 1. The zero-order valence-electron chi connectivity index (χ0n) is 11.1. The summed E-state index contributed by atoms with van der Waals surface area (Å²) in [6, 6.07) is 5.69. The van der Waals surface area contributed by atoms with E-state index in [9.17, 15) is 9.18 Å². The molecule has 0 spiro atoms. The molecule has 2 rings (SSSR count). The Morgan fingerprint density at radius 2 is 2.29 bits per heavy atom. The van der Waals surface area contributed by atoms with Crippen LogP contribution in [0.2, 0.25) is 0 Å². The number of aliphatic hydroxyl groups is 1. The summed E-state index contributed by atoms with van der Waals surface area (Å²) in [7, 11) is 1.46. The number of benzene rings is 1. The normalized spacial score (nSPS) is 9.67. The van der Waals surface area contributed by atoms with E-state index < -0.39 is 11.7 Å². The molecule has 4 nitrogen and oxygen atoms in total. The summed E-state index contributed by atoms with van der Waals surface area (Å²) in [6.45, 7) is -0.242. The van der Waals surface area contributed by atoms with Gasteiger partial charge in [-0.1, -0.05) is 11.8 Å². The fraction of sp³-hybridized carbons (Fsp3) is 0.133. The highest BCUT2D eigenvalue weighted by molar-refractivity contribution is 7.10. The second kappa shape index (κ2) is 6.88. The maximum atomic E-state index is 13.6. The minimum atomic E-state index is -0.542. The number of ether oxygens (including phenoxy) is 1. The van der Waals surface area contributed by atoms with Crippen LogP contribution in [0, 0.1) is 17.7 Å². The third-order valence-corrected chi connectivity index (χ3v) is 3.42. The van der Waals surface area contributed by atoms with Gasteiger partial charge < -0.3 is 15.2 Å². The molecule has 0 atom stereocenters. The summed E-state index contributed by atoms with van der Waals surface area (Å²) in [4.78, 5) is 12.7. The summed E-state index contributed by atoms with van der Waals surface area (Å²) in [5, 5.41) is 12.7. The fourth-order valence-corrected chi connectivity index (χ4v) is 2.32. The number of carbonyl (C=O) groups excluding carboxylic acids is 1. The standard InChI is InChI=1S/C15H12FNO3S/c1-20-11-4-5-13(16)14(8-11)17-15(19)10-7-12(21-9-10)3-2-6-18/h4-5,7-9,18H,6H2,1H3,(H,17,19). The van der Waals surface area contributed by atoms with Crippen molar-refractivity contribution in [3.8, 4) is 17.6 Å². The maximum Gasteiger partial charge on any atom is 0.256 e. The number of thiophene rings is 1. The van der Waals surface area contributed by atoms with Crippen molar-refractivity contribution in [1.29, 1.82) is 0 Å². The van der Waals surface area contributed by atoms with E-state index >= 15 is 0 Å². The number of rotatable bonds is 3. The molecule has 0 fully saturated rings. The molecular formula is C15H12FNO3S. The Hall–Kier alpha value is -2.36. The number of aliphatic hydroxyl groups excluding tert-OH is 1. The monoisotopic (exact) mass is 305 g/mol. The fourth-order valence-electron chi connectivity index (χ4n) is 1.57. The van der Waals surface area contributed by atoms with E-state index in [1.165, 1.54) is 36.6 Å². The average Bonchev–Trinajstić information content (AvgIpc) is 2.96. The molecular weight excluding hydrogens is 293 g/mol. The zero-order valence-corrected chi connectivity index (χ0v) is 12.0. The molecule has 21 heavy (non-hydrogen) atoms. The number of amides is 1. The van der Waals surface area contributed by atoms with Gasteiger partial charge in [0.25, 0.3) is 5.91 Å². The topological polar surface area (TPSA) is 58.6 Å². The Bertz CT molecular complexity index is 715. The highest BCUT2D eigenvalue weighted by Crippen LogP contribution is 2.22. The lowest BCUT2D eigenvalue weighted by atomic mass is 10.2. The molecule has 1 amide bonds. The third-order valence-electron chi connectivity index (χ3n) is 2.57. The van der Waals surface area contributed by atoms with E-state index in [-0.39, 0.29) is 12.3 Å². The minimum absolute atomic E-state index is 0.0496. The second-order valence-corrected chi connectivity index (χ2v) is 4.87. The van der Waals surface area contributed by atoms with Gasteiger partial charge in [0.1, 0.15) is 18.2 Å². The molecule has 108 valence electrons. The van der Waals surface area contributed by atoms with Gasteiger partial charge in [0.05, 0.1) is 23.2 Å². The maximum absolute atomic E-state index is 13.6. The molecule has 0 aliphatic heterocycles. The molecule has 0 saturated heterocycles. The van der Waals surface area contributed by atoms with E-state index in [4.69, 9.17) is 9.84 Å². The van der Waals surface area contributed by atoms with Crippen LogP contribution in [0.3, 0.4) is 0 Å². The van der Waals surface area contributed by atoms with Crippen LogP contribution in [0.4, 0.5) is 10.1 Å². The first-order chi connectivity index (χ1) is 10.1. The summed E-state index contributed by atoms with van der Waals surface area (Å²) < 4.78 is 18.6. The molecule has 0 bridgehead atoms. The van der Waals surface area contributed by atoms with Gasteiger partial charge in [-0.15, -0.1) is 11.3 Å². The number of anilines is 1. The average molecular weight is 305 g/mol. The molecule has 0 aliphatic rings. The first-order valence-corrected chi connectivity index (χ1v) is 6.85. The van der Waals surface area contributed by atoms with Crippen LogP contribution in [0.15, 0.2) is 29.6 Å². The van der Waals surface area contributed by atoms with Crippen LogP contribution >= 0.6 is 11.3 Å². The van der Waals surface area contributed by atoms with E-state index in [1.54, 1.807) is 11.4 Å². The summed E-state index contributed by atoms with van der Waals surface area (Å²) >= 11 is 1.28. The second-order valence-electron chi connectivity index (χ2n) is 3.96. The van der Waals surface area contributed by atoms with Gasteiger partial charge in [-0.3, -0.25) is 4.79 Å². The largest absolute Gasteiger partial charge is 0.497 e. The van der Waals surface area contributed by atoms with Crippen molar-refractivity contribution in [1.82, 2.24) is 0 Å². The van der Waals surface area contributed by atoms with E-state index in [1.807, 2.05) is 0 Å². The first-order valence-electron chi connectivity index (χ1n) is 5.97. The third kappa shape index (κ3) is 3.81. The molecule has 6 heteroatoms. The van der Waals surface area contributed by atoms with Crippen LogP contribution in [0.5, 0.6) is 5.75 Å². The number of halogens is 1. The predicted molar refractivity (Wildman–Crippen MR) is 79.2 cm³/mol. The van der Waals surface area contributed by atoms with Crippen LogP contribution in [-0.2, 0) is 0 Å². The molecule has 2 aromatic rings. The Labute approximate surface area is 125 Å². The summed E-state index contributed by atoms with van der Waals surface area (Å²) in [5.74, 6) is 4.68. The van der Waals surface area contributed by atoms with E-state index in [2.05, 4.69) is 17.2 Å². The van der Waals surface area contributed by atoms with Crippen molar-refractivity contribution in [3.63, 3.8) is 0 Å². The van der Waals surface area contributed by atoms with Gasteiger partial charge in [-0.2, -0.15) is 0 Å². The lowest BCUT2D eigenvalue weighted by Crippen LogP contribution is -2.12. The van der Waals surface area contributed by atoms with Crippen molar-refractivity contribution in [2.45, 2.75) is 0 Å². The number of hydrogen-bond donors (Lipinski definition) is 2. The molecule has 0 unspecified atom stereocenters. The van der Waals surface area contributed by atoms with Crippen molar-refractivity contribution in [2.24, 2.45) is 0 Å². The molecule has 2 N–H and O–H groups in total. The number of hydrogen-bond acceptors (Lipinski definition) is 4. The van der Waals surface area contributed by atoms with Crippen molar-refractivity contribution in [2.75, 3.05) is 19.0 Å². The first kappa shape index (κ1) is 15.0. The Morgan fingerprint density at radius 1 is 1.48 bits per heavy atom. The highest BCUT2D eigenvalue weighted by Gasteiger charge is 2.12. The minimum Gasteiger partial charge on any atom is -0.497 e. The van der Waals surface area contributed by atoms with Gasteiger partial charge in [-0.25, -0.2) is 4.39 Å². The SMILES string of the molecule is COc1ccc(F)c(NC(=O)c2csc(C#CCO)c2)c1. The Morgan fingerprint density at radius 3 is 3.00 bits per heavy atom. The van der Waals surface area contributed by atoms with Gasteiger partial charge >= 0.3 is 0 Å². The van der Waals surface area contributed by atoms with E-state index in [0.717, 1.165) is 0 Å². The van der Waals surface area contributed by atoms with Crippen molar-refractivity contribution >= 4 is 22.9 Å². The lowest BCUT2D eigenvalue weighted by molar-refractivity contribution is 0.102. The van der Waals surface area contributed by atoms with Crippen LogP contribution in [0.1, 0.15) is 15.2 Å². The molecule has 0 radical (unpaired) electrons. The highest BCUT2D eigenvalue weighted by atomic mass is 32.1. The smallest absolute Gasteiger partial charge is 0.256 e. The quantitative estimate of drug-likeness (QED) is 0.857. The van der Waals surface area contributed by atoms with Gasteiger partial charge in [0.15, 0.2) is 0 Å². The zero-order chi connectivity index (χ0) is 15.2. The van der Waals surface area contributed by atoms with Gasteiger partial charge in [0.2, 0.25) is 0 Å². The molecule has 1 aromatic heterocycles. The molecule has 1 aromatic carbocycles. The Kier molecular flexibility index (Phi) is 4.93. The van der Waals surface area contributed by atoms with Crippen molar-refractivity contribution in [3.05, 3.63) is 45.9 Å². The van der Waals surface area contributed by atoms with Gasteiger partial charge in [0, 0.05) is 11.4 Å². The lowest BCUT2D eigenvalue weighted by Gasteiger charge is -2.07. The van der Waals surface area contributed by atoms with Crippen LogP contribution in [-0.4, -0.2) is 24.7 Å². The van der Waals surface area contributed by atoms with Crippen molar-refractivity contribution < 1.29 is 19.0 Å². The summed E-state index contributed by atoms with van der Waals surface area (Å²) in [6.07, 6.45) is 0. The molecule has 0 aliphatic carbocycles. The predicted octanol–water partition coefficient (Wildman–Crippen LogP) is 2.49. The molecule has 0 saturated carbocycles.